The molecule has 1 N–H and O–H groups in total. The summed E-state index contributed by atoms with van der Waals surface area (Å²) in [4.78, 5) is 28.2. The standard InChI is InChI=1S/C20H28F3N3O3/c1-14(2)13-29-19(28)26-10-4-9-25(11-12-26)15(3)18(27)24-17-7-5-16(6-8-17)20(21,22)23/h5-8,14-15H,4,9-13H2,1-3H3,(H,24,27). The van der Waals surface area contributed by atoms with Crippen molar-refractivity contribution < 1.29 is 27.5 Å². The van der Waals surface area contributed by atoms with Crippen molar-refractivity contribution in [2.45, 2.75) is 39.4 Å². The topological polar surface area (TPSA) is 61.9 Å². The van der Waals surface area contributed by atoms with Gasteiger partial charge in [-0.25, -0.2) is 4.79 Å². The molecule has 2 amide bonds. The van der Waals surface area contributed by atoms with E-state index in [9.17, 15) is 22.8 Å². The number of halogens is 3. The minimum Gasteiger partial charge on any atom is -0.449 e. The summed E-state index contributed by atoms with van der Waals surface area (Å²) in [5.41, 5.74) is -0.455. The van der Waals surface area contributed by atoms with Gasteiger partial charge in [0.05, 0.1) is 18.2 Å². The van der Waals surface area contributed by atoms with Crippen LogP contribution in [0.25, 0.3) is 0 Å². The van der Waals surface area contributed by atoms with E-state index in [-0.39, 0.29) is 17.9 Å². The smallest absolute Gasteiger partial charge is 0.416 e. The first kappa shape index (κ1) is 23.0. The number of alkyl halides is 3. The first-order valence-electron chi connectivity index (χ1n) is 9.72. The number of benzene rings is 1. The zero-order chi connectivity index (χ0) is 21.6. The highest BCUT2D eigenvalue weighted by Gasteiger charge is 2.30. The van der Waals surface area contributed by atoms with Gasteiger partial charge < -0.3 is 15.0 Å². The van der Waals surface area contributed by atoms with E-state index in [4.69, 9.17) is 4.74 Å². The van der Waals surface area contributed by atoms with Crippen LogP contribution in [0.5, 0.6) is 0 Å². The van der Waals surface area contributed by atoms with Gasteiger partial charge in [-0.3, -0.25) is 9.69 Å². The molecule has 9 heteroatoms. The lowest BCUT2D eigenvalue weighted by molar-refractivity contribution is -0.137. The lowest BCUT2D eigenvalue weighted by Gasteiger charge is -2.27. The minimum absolute atomic E-state index is 0.261. The van der Waals surface area contributed by atoms with Gasteiger partial charge in [-0.15, -0.1) is 0 Å². The van der Waals surface area contributed by atoms with Crippen molar-refractivity contribution in [3.8, 4) is 0 Å². The van der Waals surface area contributed by atoms with Gasteiger partial charge in [-0.05, 0) is 43.5 Å². The minimum atomic E-state index is -4.41. The van der Waals surface area contributed by atoms with E-state index >= 15 is 0 Å². The molecule has 0 saturated carbocycles. The van der Waals surface area contributed by atoms with Gasteiger partial charge in [0.1, 0.15) is 0 Å². The van der Waals surface area contributed by atoms with Crippen molar-refractivity contribution in [1.82, 2.24) is 9.80 Å². The molecule has 1 saturated heterocycles. The molecule has 0 aromatic heterocycles. The average molecular weight is 415 g/mol. The molecule has 1 aromatic rings. The molecule has 0 bridgehead atoms. The van der Waals surface area contributed by atoms with Gasteiger partial charge in [0.2, 0.25) is 5.91 Å². The molecule has 1 fully saturated rings. The van der Waals surface area contributed by atoms with Crippen molar-refractivity contribution in [3.05, 3.63) is 29.8 Å². The van der Waals surface area contributed by atoms with Gasteiger partial charge in [0.15, 0.2) is 0 Å². The Kier molecular flexibility index (Phi) is 7.89. The molecule has 0 aliphatic carbocycles. The number of ether oxygens (including phenoxy) is 1. The quantitative estimate of drug-likeness (QED) is 0.794. The molecule has 1 unspecified atom stereocenters. The molecule has 29 heavy (non-hydrogen) atoms. The number of hydrogen-bond acceptors (Lipinski definition) is 4. The number of nitrogens with zero attached hydrogens (tertiary/aromatic N) is 2. The van der Waals surface area contributed by atoms with E-state index in [1.807, 2.05) is 18.7 Å². The molecule has 1 aliphatic heterocycles. The Bertz CT molecular complexity index is 692. The highest BCUT2D eigenvalue weighted by Crippen LogP contribution is 2.29. The average Bonchev–Trinajstić information content (AvgIpc) is 2.91. The third-order valence-electron chi connectivity index (χ3n) is 4.74. The molecule has 1 aromatic carbocycles. The van der Waals surface area contributed by atoms with Crippen LogP contribution in [0.1, 0.15) is 32.8 Å². The van der Waals surface area contributed by atoms with Crippen LogP contribution in [0.2, 0.25) is 0 Å². The summed E-state index contributed by atoms with van der Waals surface area (Å²) in [6.07, 6.45) is -4.05. The van der Waals surface area contributed by atoms with Crippen LogP contribution < -0.4 is 5.32 Å². The van der Waals surface area contributed by atoms with Gasteiger partial charge in [-0.2, -0.15) is 13.2 Å². The fraction of sp³-hybridized carbons (Fsp3) is 0.600. The SMILES string of the molecule is CC(C)COC(=O)N1CCCN(C(C)C(=O)Nc2ccc(C(F)(F)F)cc2)CC1. The number of rotatable bonds is 5. The summed E-state index contributed by atoms with van der Waals surface area (Å²) < 4.78 is 43.2. The van der Waals surface area contributed by atoms with Crippen molar-refractivity contribution in [2.24, 2.45) is 5.92 Å². The number of amides is 2. The Morgan fingerprint density at radius 1 is 1.07 bits per heavy atom. The molecule has 1 heterocycles. The summed E-state index contributed by atoms with van der Waals surface area (Å²) in [7, 11) is 0. The number of carbonyl (C=O) groups is 2. The van der Waals surface area contributed by atoms with Crippen LogP contribution in [-0.2, 0) is 15.7 Å². The number of carbonyl (C=O) groups excluding carboxylic acids is 2. The van der Waals surface area contributed by atoms with E-state index in [1.165, 1.54) is 12.1 Å². The Balaban J connectivity index is 1.88. The van der Waals surface area contributed by atoms with Crippen molar-refractivity contribution in [2.75, 3.05) is 38.1 Å². The van der Waals surface area contributed by atoms with Gasteiger partial charge in [-0.1, -0.05) is 13.8 Å². The van der Waals surface area contributed by atoms with Crippen LogP contribution in [-0.4, -0.2) is 60.6 Å². The monoisotopic (exact) mass is 415 g/mol. The summed E-state index contributed by atoms with van der Waals surface area (Å²) in [6.45, 7) is 8.20. The second kappa shape index (κ2) is 9.96. The number of anilines is 1. The second-order valence-corrected chi connectivity index (χ2v) is 7.59. The highest BCUT2D eigenvalue weighted by atomic mass is 19.4. The zero-order valence-corrected chi connectivity index (χ0v) is 17.0. The van der Waals surface area contributed by atoms with Crippen LogP contribution >= 0.6 is 0 Å². The third kappa shape index (κ3) is 6.92. The zero-order valence-electron chi connectivity index (χ0n) is 17.0. The Labute approximate surface area is 169 Å². The maximum Gasteiger partial charge on any atom is 0.416 e. The molecule has 0 radical (unpaired) electrons. The van der Waals surface area contributed by atoms with Crippen molar-refractivity contribution >= 4 is 17.7 Å². The van der Waals surface area contributed by atoms with Crippen LogP contribution in [0.3, 0.4) is 0 Å². The summed E-state index contributed by atoms with van der Waals surface area (Å²) >= 11 is 0. The molecular weight excluding hydrogens is 387 g/mol. The normalized spacial score (nSPS) is 17.0. The van der Waals surface area contributed by atoms with E-state index in [2.05, 4.69) is 5.32 Å². The fourth-order valence-corrected chi connectivity index (χ4v) is 2.99. The molecule has 1 aliphatic rings. The van der Waals surface area contributed by atoms with E-state index in [0.717, 1.165) is 12.1 Å². The molecule has 1 atom stereocenters. The Morgan fingerprint density at radius 2 is 1.72 bits per heavy atom. The molecule has 162 valence electrons. The van der Waals surface area contributed by atoms with Gasteiger partial charge >= 0.3 is 12.3 Å². The molecular formula is C20H28F3N3O3. The Morgan fingerprint density at radius 3 is 2.31 bits per heavy atom. The first-order chi connectivity index (χ1) is 13.6. The van der Waals surface area contributed by atoms with Crippen LogP contribution in [0, 0.1) is 5.92 Å². The predicted molar refractivity (Wildman–Crippen MR) is 103 cm³/mol. The highest BCUT2D eigenvalue weighted by molar-refractivity contribution is 5.94. The van der Waals surface area contributed by atoms with Gasteiger partial charge in [0, 0.05) is 31.9 Å². The largest absolute Gasteiger partial charge is 0.449 e. The van der Waals surface area contributed by atoms with Crippen molar-refractivity contribution in [1.29, 1.82) is 0 Å². The lowest BCUT2D eigenvalue weighted by Crippen LogP contribution is -2.44. The van der Waals surface area contributed by atoms with Gasteiger partial charge in [0.25, 0.3) is 0 Å². The Hall–Kier alpha value is -2.29. The number of hydrogen-bond donors (Lipinski definition) is 1. The molecule has 2 rings (SSSR count). The molecule has 0 spiro atoms. The summed E-state index contributed by atoms with van der Waals surface area (Å²) in [5.74, 6) is -0.0445. The molecule has 6 nitrogen and oxygen atoms in total. The summed E-state index contributed by atoms with van der Waals surface area (Å²) in [5, 5.41) is 2.65. The first-order valence-corrected chi connectivity index (χ1v) is 9.72. The van der Waals surface area contributed by atoms with Crippen LogP contribution in [0.15, 0.2) is 24.3 Å². The fourth-order valence-electron chi connectivity index (χ4n) is 2.99. The summed E-state index contributed by atoms with van der Waals surface area (Å²) in [6, 6.07) is 3.87. The van der Waals surface area contributed by atoms with E-state index in [0.29, 0.717) is 44.9 Å². The van der Waals surface area contributed by atoms with Crippen molar-refractivity contribution in [3.63, 3.8) is 0 Å². The maximum absolute atomic E-state index is 12.6. The lowest BCUT2D eigenvalue weighted by atomic mass is 10.2. The van der Waals surface area contributed by atoms with Crippen LogP contribution in [0.4, 0.5) is 23.7 Å². The predicted octanol–water partition coefficient (Wildman–Crippen LogP) is 3.83. The second-order valence-electron chi connectivity index (χ2n) is 7.59. The third-order valence-corrected chi connectivity index (χ3v) is 4.74. The number of nitrogens with one attached hydrogen (secondary N) is 1. The maximum atomic E-state index is 12.6. The van der Waals surface area contributed by atoms with E-state index < -0.39 is 17.8 Å². The van der Waals surface area contributed by atoms with E-state index in [1.54, 1.807) is 11.8 Å².